The monoisotopic (exact) mass is 192 g/mol. The van der Waals surface area contributed by atoms with Gasteiger partial charge in [0.1, 0.15) is 11.4 Å². The zero-order chi connectivity index (χ0) is 10.2. The Morgan fingerprint density at radius 3 is 2.93 bits per heavy atom. The molecular weight excluding hydrogens is 176 g/mol. The number of aliphatic hydroxyl groups is 1. The maximum Gasteiger partial charge on any atom is 0.125 e. The van der Waals surface area contributed by atoms with Crippen LogP contribution in [0.3, 0.4) is 0 Å². The number of fused-ring (bicyclic) bond motifs is 1. The molecule has 0 amide bonds. The van der Waals surface area contributed by atoms with E-state index in [-0.39, 0.29) is 11.7 Å². The molecule has 14 heavy (non-hydrogen) atoms. The van der Waals surface area contributed by atoms with Crippen molar-refractivity contribution in [3.05, 3.63) is 29.8 Å². The van der Waals surface area contributed by atoms with Crippen molar-refractivity contribution in [3.63, 3.8) is 0 Å². The van der Waals surface area contributed by atoms with E-state index in [0.717, 1.165) is 17.7 Å². The summed E-state index contributed by atoms with van der Waals surface area (Å²) in [6.07, 6.45) is 1.21. The number of hydrogen-bond donors (Lipinski definition) is 1. The lowest BCUT2D eigenvalue weighted by atomic mass is 9.88. The molecule has 0 aliphatic carbocycles. The van der Waals surface area contributed by atoms with Crippen molar-refractivity contribution in [2.75, 3.05) is 0 Å². The van der Waals surface area contributed by atoms with Gasteiger partial charge in [0.2, 0.25) is 0 Å². The molecule has 2 atom stereocenters. The molecule has 0 spiro atoms. The summed E-state index contributed by atoms with van der Waals surface area (Å²) < 4.78 is 5.88. The Morgan fingerprint density at radius 1 is 1.50 bits per heavy atom. The van der Waals surface area contributed by atoms with Crippen molar-refractivity contribution in [1.82, 2.24) is 0 Å². The average Bonchev–Trinajstić information content (AvgIpc) is 2.18. The van der Waals surface area contributed by atoms with Crippen LogP contribution in [0, 0.1) is 0 Å². The minimum Gasteiger partial charge on any atom is -0.487 e. The minimum atomic E-state index is -0.384. The molecule has 1 heterocycles. The number of benzene rings is 1. The van der Waals surface area contributed by atoms with Crippen molar-refractivity contribution in [2.45, 2.75) is 38.4 Å². The van der Waals surface area contributed by atoms with E-state index in [1.165, 1.54) is 0 Å². The fourth-order valence-electron chi connectivity index (χ4n) is 1.89. The van der Waals surface area contributed by atoms with E-state index in [9.17, 15) is 5.11 Å². The second kappa shape index (κ2) is 3.28. The molecule has 1 aliphatic heterocycles. The number of aliphatic hydroxyl groups excluding tert-OH is 1. The van der Waals surface area contributed by atoms with Crippen LogP contribution in [-0.2, 0) is 0 Å². The van der Waals surface area contributed by atoms with E-state index in [0.29, 0.717) is 6.42 Å². The highest BCUT2D eigenvalue weighted by molar-refractivity contribution is 5.37. The zero-order valence-electron chi connectivity index (χ0n) is 8.66. The summed E-state index contributed by atoms with van der Waals surface area (Å²) in [6, 6.07) is 7.72. The summed E-state index contributed by atoms with van der Waals surface area (Å²) in [5, 5.41) is 9.95. The molecule has 2 nitrogen and oxygen atoms in total. The van der Waals surface area contributed by atoms with Crippen molar-refractivity contribution in [2.24, 2.45) is 0 Å². The fourth-order valence-corrected chi connectivity index (χ4v) is 1.89. The first kappa shape index (κ1) is 9.53. The van der Waals surface area contributed by atoms with Crippen LogP contribution in [0.4, 0.5) is 0 Å². The lowest BCUT2D eigenvalue weighted by Gasteiger charge is -2.37. The largest absolute Gasteiger partial charge is 0.487 e. The summed E-state index contributed by atoms with van der Waals surface area (Å²) >= 11 is 0. The van der Waals surface area contributed by atoms with Crippen molar-refractivity contribution < 1.29 is 9.84 Å². The summed E-state index contributed by atoms with van der Waals surface area (Å²) in [5.41, 5.74) is 0.701. The van der Waals surface area contributed by atoms with Gasteiger partial charge < -0.3 is 9.84 Å². The Hall–Kier alpha value is -1.02. The fraction of sp³-hybridized carbons (Fsp3) is 0.500. The second-order valence-corrected chi connectivity index (χ2v) is 4.16. The SMILES string of the molecule is CCC1(C)C[C@H](O)c2ccccc2O1. The first-order valence-electron chi connectivity index (χ1n) is 5.10. The molecule has 2 rings (SSSR count). The van der Waals surface area contributed by atoms with Gasteiger partial charge in [0, 0.05) is 12.0 Å². The van der Waals surface area contributed by atoms with E-state index in [1.54, 1.807) is 0 Å². The van der Waals surface area contributed by atoms with Crippen LogP contribution in [0.25, 0.3) is 0 Å². The first-order valence-corrected chi connectivity index (χ1v) is 5.10. The van der Waals surface area contributed by atoms with Gasteiger partial charge in [0.25, 0.3) is 0 Å². The molecule has 0 bridgehead atoms. The van der Waals surface area contributed by atoms with Gasteiger partial charge in [-0.25, -0.2) is 0 Å². The molecule has 1 aliphatic rings. The first-order chi connectivity index (χ1) is 6.64. The molecular formula is C12H16O2. The Labute approximate surface area is 84.5 Å². The third-order valence-electron chi connectivity index (χ3n) is 3.01. The molecule has 1 aromatic rings. The van der Waals surface area contributed by atoms with Gasteiger partial charge in [-0.2, -0.15) is 0 Å². The van der Waals surface area contributed by atoms with Crippen molar-refractivity contribution in [1.29, 1.82) is 0 Å². The highest BCUT2D eigenvalue weighted by Gasteiger charge is 2.34. The van der Waals surface area contributed by atoms with E-state index < -0.39 is 0 Å². The quantitative estimate of drug-likeness (QED) is 0.741. The molecule has 2 heteroatoms. The van der Waals surface area contributed by atoms with Crippen LogP contribution < -0.4 is 4.74 Å². The zero-order valence-corrected chi connectivity index (χ0v) is 8.66. The number of rotatable bonds is 1. The van der Waals surface area contributed by atoms with Crippen molar-refractivity contribution in [3.8, 4) is 5.75 Å². The number of hydrogen-bond acceptors (Lipinski definition) is 2. The lowest BCUT2D eigenvalue weighted by Crippen LogP contribution is -2.37. The van der Waals surface area contributed by atoms with E-state index in [1.807, 2.05) is 31.2 Å². The molecule has 0 saturated carbocycles. The molecule has 1 N–H and O–H groups in total. The predicted molar refractivity (Wildman–Crippen MR) is 55.3 cm³/mol. The standard InChI is InChI=1S/C12H16O2/c1-3-12(2)8-10(13)9-6-4-5-7-11(9)14-12/h4-7,10,13H,3,8H2,1-2H3/t10-,12?/m0/s1. The normalized spacial score (nSPS) is 30.6. The second-order valence-electron chi connectivity index (χ2n) is 4.16. The summed E-state index contributed by atoms with van der Waals surface area (Å²) in [4.78, 5) is 0. The highest BCUT2D eigenvalue weighted by Crippen LogP contribution is 2.40. The Kier molecular flexibility index (Phi) is 2.23. The summed E-state index contributed by atoms with van der Waals surface area (Å²) in [7, 11) is 0. The van der Waals surface area contributed by atoms with Gasteiger partial charge in [-0.05, 0) is 19.4 Å². The smallest absolute Gasteiger partial charge is 0.125 e. The van der Waals surface area contributed by atoms with E-state index in [2.05, 4.69) is 6.92 Å². The molecule has 1 aromatic carbocycles. The minimum absolute atomic E-state index is 0.215. The highest BCUT2D eigenvalue weighted by atomic mass is 16.5. The molecule has 1 unspecified atom stereocenters. The van der Waals surface area contributed by atoms with Gasteiger partial charge in [-0.3, -0.25) is 0 Å². The number of para-hydroxylation sites is 1. The topological polar surface area (TPSA) is 29.5 Å². The Bertz CT molecular complexity index is 335. The summed E-state index contributed by atoms with van der Waals surface area (Å²) in [5.74, 6) is 0.829. The van der Waals surface area contributed by atoms with Gasteiger partial charge in [0.15, 0.2) is 0 Å². The van der Waals surface area contributed by atoms with Crippen LogP contribution >= 0.6 is 0 Å². The van der Waals surface area contributed by atoms with Crippen molar-refractivity contribution >= 4 is 0 Å². The van der Waals surface area contributed by atoms with E-state index >= 15 is 0 Å². The van der Waals surface area contributed by atoms with Crippen LogP contribution in [0.5, 0.6) is 5.75 Å². The molecule has 0 fully saturated rings. The number of ether oxygens (including phenoxy) is 1. The maximum atomic E-state index is 9.95. The van der Waals surface area contributed by atoms with Crippen LogP contribution in [0.15, 0.2) is 24.3 Å². The van der Waals surface area contributed by atoms with Gasteiger partial charge in [-0.15, -0.1) is 0 Å². The van der Waals surface area contributed by atoms with Gasteiger partial charge in [0.05, 0.1) is 6.10 Å². The van der Waals surface area contributed by atoms with Gasteiger partial charge in [-0.1, -0.05) is 25.1 Å². The van der Waals surface area contributed by atoms with Crippen LogP contribution in [0.1, 0.15) is 38.4 Å². The maximum absolute atomic E-state index is 9.95. The third-order valence-corrected chi connectivity index (χ3v) is 3.01. The lowest BCUT2D eigenvalue weighted by molar-refractivity contribution is -0.00376. The van der Waals surface area contributed by atoms with Crippen LogP contribution in [-0.4, -0.2) is 10.7 Å². The van der Waals surface area contributed by atoms with E-state index in [4.69, 9.17) is 4.74 Å². The average molecular weight is 192 g/mol. The summed E-state index contributed by atoms with van der Waals surface area (Å²) in [6.45, 7) is 4.13. The molecule has 0 saturated heterocycles. The predicted octanol–water partition coefficient (Wildman–Crippen LogP) is 2.67. The molecule has 0 aromatic heterocycles. The third kappa shape index (κ3) is 1.50. The Balaban J connectivity index is 2.38. The Morgan fingerprint density at radius 2 is 2.21 bits per heavy atom. The van der Waals surface area contributed by atoms with Gasteiger partial charge >= 0.3 is 0 Å². The molecule has 76 valence electrons. The molecule has 0 radical (unpaired) electrons. The van der Waals surface area contributed by atoms with Crippen LogP contribution in [0.2, 0.25) is 0 Å².